The minimum absolute atomic E-state index is 0.371. The van der Waals surface area contributed by atoms with Crippen molar-refractivity contribution in [3.05, 3.63) is 9.98 Å². The van der Waals surface area contributed by atoms with Crippen molar-refractivity contribution >= 4 is 42.4 Å². The number of nitrogens with zero attached hydrogens (tertiary/aromatic N) is 1. The summed E-state index contributed by atoms with van der Waals surface area (Å²) < 4.78 is 32.3. The Labute approximate surface area is 106 Å². The lowest BCUT2D eigenvalue weighted by Gasteiger charge is -2.21. The maximum absolute atomic E-state index is 11.9. The highest BCUT2D eigenvalue weighted by Crippen LogP contribution is 2.26. The summed E-state index contributed by atoms with van der Waals surface area (Å²) in [5.41, 5.74) is 0. The summed E-state index contributed by atoms with van der Waals surface area (Å²) in [7, 11) is -3.33. The molecule has 0 unspecified atom stereocenters. The van der Waals surface area contributed by atoms with E-state index in [4.69, 9.17) is 4.74 Å². The molecule has 2 rings (SSSR count). The highest BCUT2D eigenvalue weighted by atomic mass is 79.9. The fraction of sp³-hybridized carbons (Fsp3) is 0.625. The molecule has 0 atom stereocenters. The molecular weight excluding hydrogens is 316 g/mol. The minimum atomic E-state index is -3.33. The van der Waals surface area contributed by atoms with Gasteiger partial charge in [-0.1, -0.05) is 11.3 Å². The lowest BCUT2D eigenvalue weighted by atomic mass is 10.2. The average molecular weight is 327 g/mol. The molecule has 16 heavy (non-hydrogen) atoms. The summed E-state index contributed by atoms with van der Waals surface area (Å²) in [6, 6.07) is 0. The van der Waals surface area contributed by atoms with Crippen LogP contribution in [-0.4, -0.2) is 31.9 Å². The van der Waals surface area contributed by atoms with Crippen LogP contribution >= 0.6 is 27.3 Å². The van der Waals surface area contributed by atoms with Crippen LogP contribution < -0.4 is 4.72 Å². The lowest BCUT2D eigenvalue weighted by Crippen LogP contribution is -2.33. The topological polar surface area (TPSA) is 68.3 Å². The molecule has 1 fully saturated rings. The van der Waals surface area contributed by atoms with Crippen molar-refractivity contribution in [3.63, 3.8) is 0 Å². The van der Waals surface area contributed by atoms with Gasteiger partial charge in [-0.25, -0.2) is 13.4 Å². The molecule has 0 bridgehead atoms. The Morgan fingerprint density at radius 1 is 1.50 bits per heavy atom. The molecule has 0 aliphatic carbocycles. The molecule has 2 heterocycles. The number of nitrogens with one attached hydrogen (secondary N) is 1. The van der Waals surface area contributed by atoms with Gasteiger partial charge < -0.3 is 4.74 Å². The second-order valence-electron chi connectivity index (χ2n) is 3.43. The van der Waals surface area contributed by atoms with Gasteiger partial charge in [0.1, 0.15) is 0 Å². The van der Waals surface area contributed by atoms with Gasteiger partial charge >= 0.3 is 0 Å². The first-order valence-corrected chi connectivity index (χ1v) is 7.94. The van der Waals surface area contributed by atoms with E-state index in [1.807, 2.05) is 0 Å². The maximum atomic E-state index is 11.9. The van der Waals surface area contributed by atoms with Gasteiger partial charge in [0.15, 0.2) is 5.13 Å². The number of hydrogen-bond acceptors (Lipinski definition) is 5. The van der Waals surface area contributed by atoms with Crippen LogP contribution in [0.15, 0.2) is 9.98 Å². The molecule has 90 valence electrons. The Balaban J connectivity index is 2.07. The molecule has 1 aliphatic heterocycles. The van der Waals surface area contributed by atoms with Gasteiger partial charge in [0.2, 0.25) is 10.0 Å². The molecular formula is C8H11BrN2O3S2. The van der Waals surface area contributed by atoms with E-state index in [0.717, 1.165) is 3.79 Å². The predicted octanol–water partition coefficient (Wildman–Crippen LogP) is 1.83. The summed E-state index contributed by atoms with van der Waals surface area (Å²) in [5, 5.41) is 0.0299. The fourth-order valence-corrected chi connectivity index (χ4v) is 4.24. The third-order valence-corrected chi connectivity index (χ3v) is 5.66. The van der Waals surface area contributed by atoms with Crippen molar-refractivity contribution in [2.24, 2.45) is 0 Å². The summed E-state index contributed by atoms with van der Waals surface area (Å²) in [6.07, 6.45) is 2.66. The van der Waals surface area contributed by atoms with E-state index in [1.165, 1.54) is 11.3 Å². The quantitative estimate of drug-likeness (QED) is 0.920. The molecule has 0 spiro atoms. The van der Waals surface area contributed by atoms with Gasteiger partial charge in [0.25, 0.3) is 0 Å². The van der Waals surface area contributed by atoms with E-state index in [0.29, 0.717) is 31.2 Å². The number of aromatic nitrogens is 1. The van der Waals surface area contributed by atoms with Crippen LogP contribution in [0, 0.1) is 0 Å². The number of hydrogen-bond donors (Lipinski definition) is 1. The molecule has 1 aliphatic rings. The Bertz CT molecular complexity index is 454. The van der Waals surface area contributed by atoms with Crippen molar-refractivity contribution in [1.82, 2.24) is 4.98 Å². The zero-order chi connectivity index (χ0) is 11.6. The first kappa shape index (κ1) is 12.3. The van der Waals surface area contributed by atoms with Gasteiger partial charge in [-0.2, -0.15) is 0 Å². The van der Waals surface area contributed by atoms with Crippen LogP contribution in [0.1, 0.15) is 12.8 Å². The van der Waals surface area contributed by atoms with Gasteiger partial charge in [-0.05, 0) is 28.8 Å². The Hall–Kier alpha value is -0.180. The molecule has 1 N–H and O–H groups in total. The van der Waals surface area contributed by atoms with E-state index in [2.05, 4.69) is 25.6 Å². The monoisotopic (exact) mass is 326 g/mol. The summed E-state index contributed by atoms with van der Waals surface area (Å²) in [5.74, 6) is 0. The lowest BCUT2D eigenvalue weighted by molar-refractivity contribution is 0.0984. The maximum Gasteiger partial charge on any atom is 0.237 e. The third kappa shape index (κ3) is 2.93. The molecule has 0 saturated carbocycles. The first-order chi connectivity index (χ1) is 7.58. The second kappa shape index (κ2) is 4.99. The Morgan fingerprint density at radius 2 is 2.19 bits per heavy atom. The van der Waals surface area contributed by atoms with E-state index < -0.39 is 10.0 Å². The predicted molar refractivity (Wildman–Crippen MR) is 66.2 cm³/mol. The molecule has 8 heteroatoms. The van der Waals surface area contributed by atoms with Gasteiger partial charge in [0.05, 0.1) is 15.2 Å². The van der Waals surface area contributed by atoms with Crippen LogP contribution in [0.3, 0.4) is 0 Å². The number of ether oxygens (including phenoxy) is 1. The highest BCUT2D eigenvalue weighted by Gasteiger charge is 2.28. The van der Waals surface area contributed by atoms with Crippen LogP contribution in [0.25, 0.3) is 0 Å². The zero-order valence-corrected chi connectivity index (χ0v) is 11.6. The zero-order valence-electron chi connectivity index (χ0n) is 8.35. The van der Waals surface area contributed by atoms with Crippen molar-refractivity contribution in [2.75, 3.05) is 17.9 Å². The van der Waals surface area contributed by atoms with Crippen molar-refractivity contribution in [3.8, 4) is 0 Å². The summed E-state index contributed by atoms with van der Waals surface area (Å²) in [4.78, 5) is 3.95. The molecule has 0 radical (unpaired) electrons. The molecule has 1 saturated heterocycles. The Kier molecular flexibility index (Phi) is 3.83. The van der Waals surface area contributed by atoms with Gasteiger partial charge in [0, 0.05) is 13.2 Å². The van der Waals surface area contributed by atoms with E-state index >= 15 is 0 Å². The molecule has 0 aromatic carbocycles. The Morgan fingerprint density at radius 3 is 2.75 bits per heavy atom. The van der Waals surface area contributed by atoms with Crippen molar-refractivity contribution in [1.29, 1.82) is 0 Å². The number of halogens is 1. The number of anilines is 1. The smallest absolute Gasteiger partial charge is 0.237 e. The largest absolute Gasteiger partial charge is 0.381 e. The number of rotatable bonds is 3. The van der Waals surface area contributed by atoms with Gasteiger partial charge in [-0.3, -0.25) is 4.72 Å². The standard InChI is InChI=1S/C8H11BrN2O3S2/c9-7-5-10-8(15-7)11-16(12,13)6-1-3-14-4-2-6/h5-6H,1-4H2,(H,10,11). The van der Waals surface area contributed by atoms with Crippen molar-refractivity contribution < 1.29 is 13.2 Å². The van der Waals surface area contributed by atoms with E-state index in [-0.39, 0.29) is 5.25 Å². The third-order valence-electron chi connectivity index (χ3n) is 2.31. The normalized spacial score (nSPS) is 18.6. The van der Waals surface area contributed by atoms with Crippen molar-refractivity contribution in [2.45, 2.75) is 18.1 Å². The summed E-state index contributed by atoms with van der Waals surface area (Å²) >= 11 is 4.50. The molecule has 1 aromatic rings. The number of sulfonamides is 1. The molecule has 5 nitrogen and oxygen atoms in total. The van der Waals surface area contributed by atoms with E-state index in [1.54, 1.807) is 6.20 Å². The SMILES string of the molecule is O=S(=O)(Nc1ncc(Br)s1)C1CCOCC1. The first-order valence-electron chi connectivity index (χ1n) is 4.78. The average Bonchev–Trinajstić information content (AvgIpc) is 2.64. The van der Waals surface area contributed by atoms with Crippen LogP contribution in [0.4, 0.5) is 5.13 Å². The van der Waals surface area contributed by atoms with Crippen LogP contribution in [0.2, 0.25) is 0 Å². The van der Waals surface area contributed by atoms with Crippen LogP contribution in [0.5, 0.6) is 0 Å². The molecule has 0 amide bonds. The number of thiazole rings is 1. The molecule has 1 aromatic heterocycles. The van der Waals surface area contributed by atoms with Crippen LogP contribution in [-0.2, 0) is 14.8 Å². The van der Waals surface area contributed by atoms with Gasteiger partial charge in [-0.15, -0.1) is 0 Å². The highest BCUT2D eigenvalue weighted by molar-refractivity contribution is 9.11. The van der Waals surface area contributed by atoms with E-state index in [9.17, 15) is 8.42 Å². The second-order valence-corrected chi connectivity index (χ2v) is 7.80. The summed E-state index contributed by atoms with van der Waals surface area (Å²) in [6.45, 7) is 1.01. The fourth-order valence-electron chi connectivity index (χ4n) is 1.49. The minimum Gasteiger partial charge on any atom is -0.381 e.